The van der Waals surface area contributed by atoms with Gasteiger partial charge in [-0.3, -0.25) is 4.98 Å². The van der Waals surface area contributed by atoms with Gasteiger partial charge in [0.25, 0.3) is 0 Å². The van der Waals surface area contributed by atoms with Crippen LogP contribution in [0.3, 0.4) is 0 Å². The molecule has 1 unspecified atom stereocenters. The molecule has 0 saturated carbocycles. The number of rotatable bonds is 3. The number of carbonyl (C=O) groups is 1. The smallest absolute Gasteiger partial charge is 0.410 e. The highest BCUT2D eigenvalue weighted by atomic mass is 16.6. The second kappa shape index (κ2) is 6.43. The van der Waals surface area contributed by atoms with E-state index in [4.69, 9.17) is 4.74 Å². The van der Waals surface area contributed by atoms with Gasteiger partial charge in [0.05, 0.1) is 5.69 Å². The van der Waals surface area contributed by atoms with E-state index in [2.05, 4.69) is 17.2 Å². The molecule has 2 heterocycles. The molecule has 5 heteroatoms. The SMILES string of the molecule is CC(N[C@@H]1CCN(C(=O)OC(C)(C)C)C1)c1ccccn1. The van der Waals surface area contributed by atoms with Crippen molar-refractivity contribution >= 4 is 6.09 Å². The summed E-state index contributed by atoms with van der Waals surface area (Å²) in [6, 6.07) is 6.38. The number of aromatic nitrogens is 1. The predicted molar refractivity (Wildman–Crippen MR) is 82.0 cm³/mol. The van der Waals surface area contributed by atoms with Crippen molar-refractivity contribution in [1.29, 1.82) is 0 Å². The molecule has 0 aromatic carbocycles. The Bertz CT molecular complexity index is 470. The number of likely N-dealkylation sites (tertiary alicyclic amines) is 1. The molecule has 1 aliphatic heterocycles. The lowest BCUT2D eigenvalue weighted by atomic mass is 10.1. The Balaban J connectivity index is 1.84. The summed E-state index contributed by atoms with van der Waals surface area (Å²) < 4.78 is 5.41. The Kier molecular flexibility index (Phi) is 4.83. The molecule has 2 rings (SSSR count). The van der Waals surface area contributed by atoms with Crippen molar-refractivity contribution in [1.82, 2.24) is 15.2 Å². The summed E-state index contributed by atoms with van der Waals surface area (Å²) in [6.07, 6.45) is 2.52. The van der Waals surface area contributed by atoms with E-state index in [-0.39, 0.29) is 18.2 Å². The lowest BCUT2D eigenvalue weighted by molar-refractivity contribution is 0.0290. The molecule has 1 aromatic rings. The van der Waals surface area contributed by atoms with Crippen molar-refractivity contribution < 1.29 is 9.53 Å². The van der Waals surface area contributed by atoms with Crippen molar-refractivity contribution in [2.45, 2.75) is 51.8 Å². The molecule has 2 atom stereocenters. The van der Waals surface area contributed by atoms with E-state index in [1.54, 1.807) is 11.1 Å². The second-order valence-electron chi connectivity index (χ2n) is 6.55. The van der Waals surface area contributed by atoms with Crippen LogP contribution >= 0.6 is 0 Å². The molecule has 0 spiro atoms. The molecular weight excluding hydrogens is 266 g/mol. The van der Waals surface area contributed by atoms with Crippen molar-refractivity contribution in [2.75, 3.05) is 13.1 Å². The van der Waals surface area contributed by atoms with Crippen molar-refractivity contribution in [3.8, 4) is 0 Å². The normalized spacial score (nSPS) is 20.4. The van der Waals surface area contributed by atoms with Gasteiger partial charge in [-0.05, 0) is 46.2 Å². The number of carbonyl (C=O) groups excluding carboxylic acids is 1. The van der Waals surface area contributed by atoms with Gasteiger partial charge in [-0.1, -0.05) is 6.07 Å². The van der Waals surface area contributed by atoms with Crippen LogP contribution in [0.25, 0.3) is 0 Å². The Morgan fingerprint density at radius 1 is 1.48 bits per heavy atom. The summed E-state index contributed by atoms with van der Waals surface area (Å²) in [5, 5.41) is 3.53. The predicted octanol–water partition coefficient (Wildman–Crippen LogP) is 2.74. The second-order valence-corrected chi connectivity index (χ2v) is 6.55. The van der Waals surface area contributed by atoms with Crippen LogP contribution in [0, 0.1) is 0 Å². The highest BCUT2D eigenvalue weighted by molar-refractivity contribution is 5.68. The lowest BCUT2D eigenvalue weighted by Crippen LogP contribution is -2.39. The van der Waals surface area contributed by atoms with Crippen LogP contribution in [0.2, 0.25) is 0 Å². The quantitative estimate of drug-likeness (QED) is 0.930. The van der Waals surface area contributed by atoms with Gasteiger partial charge >= 0.3 is 6.09 Å². The van der Waals surface area contributed by atoms with Gasteiger partial charge in [-0.2, -0.15) is 0 Å². The highest BCUT2D eigenvalue weighted by Gasteiger charge is 2.30. The number of ether oxygens (including phenoxy) is 1. The van der Waals surface area contributed by atoms with Crippen LogP contribution < -0.4 is 5.32 Å². The minimum atomic E-state index is -0.441. The summed E-state index contributed by atoms with van der Waals surface area (Å²) in [6.45, 7) is 9.19. The summed E-state index contributed by atoms with van der Waals surface area (Å²) in [7, 11) is 0. The third kappa shape index (κ3) is 4.70. The van der Waals surface area contributed by atoms with Gasteiger partial charge in [0, 0.05) is 31.4 Å². The molecular formula is C16H25N3O2. The number of pyridine rings is 1. The molecule has 1 amide bonds. The molecule has 1 aliphatic rings. The van der Waals surface area contributed by atoms with Gasteiger partial charge in [0.1, 0.15) is 5.60 Å². The van der Waals surface area contributed by atoms with E-state index in [0.29, 0.717) is 6.54 Å². The number of hydrogen-bond acceptors (Lipinski definition) is 4. The summed E-state index contributed by atoms with van der Waals surface area (Å²) in [5.74, 6) is 0. The van der Waals surface area contributed by atoms with E-state index in [0.717, 1.165) is 18.7 Å². The molecule has 1 N–H and O–H groups in total. The first-order chi connectivity index (χ1) is 9.85. The number of hydrogen-bond donors (Lipinski definition) is 1. The van der Waals surface area contributed by atoms with E-state index in [1.807, 2.05) is 39.0 Å². The fourth-order valence-corrected chi connectivity index (χ4v) is 2.46. The van der Waals surface area contributed by atoms with Crippen molar-refractivity contribution in [2.24, 2.45) is 0 Å². The maximum absolute atomic E-state index is 12.0. The minimum absolute atomic E-state index is 0.176. The standard InChI is InChI=1S/C16H25N3O2/c1-12(14-7-5-6-9-17-14)18-13-8-10-19(11-13)15(20)21-16(2,3)4/h5-7,9,12-13,18H,8,10-11H2,1-4H3/t12?,13-/m1/s1. The maximum atomic E-state index is 12.0. The lowest BCUT2D eigenvalue weighted by Gasteiger charge is -2.25. The summed E-state index contributed by atoms with van der Waals surface area (Å²) in [5.41, 5.74) is 0.581. The Morgan fingerprint density at radius 3 is 2.86 bits per heavy atom. The summed E-state index contributed by atoms with van der Waals surface area (Å²) in [4.78, 5) is 18.2. The third-order valence-electron chi connectivity index (χ3n) is 3.46. The van der Waals surface area contributed by atoms with Crippen LogP contribution in [0.5, 0.6) is 0 Å². The molecule has 0 aliphatic carbocycles. The topological polar surface area (TPSA) is 54.5 Å². The molecule has 116 valence electrons. The van der Waals surface area contributed by atoms with Crippen LogP contribution in [0.4, 0.5) is 4.79 Å². The molecule has 5 nitrogen and oxygen atoms in total. The highest BCUT2D eigenvalue weighted by Crippen LogP contribution is 2.18. The Hall–Kier alpha value is -1.62. The average Bonchev–Trinajstić information content (AvgIpc) is 2.86. The monoisotopic (exact) mass is 291 g/mol. The maximum Gasteiger partial charge on any atom is 0.410 e. The average molecular weight is 291 g/mol. The van der Waals surface area contributed by atoms with Crippen LogP contribution in [0.15, 0.2) is 24.4 Å². The zero-order valence-corrected chi connectivity index (χ0v) is 13.3. The van der Waals surface area contributed by atoms with Gasteiger partial charge in [0.2, 0.25) is 0 Å². The van der Waals surface area contributed by atoms with Crippen LogP contribution in [-0.2, 0) is 4.74 Å². The molecule has 1 fully saturated rings. The third-order valence-corrected chi connectivity index (χ3v) is 3.46. The molecule has 1 saturated heterocycles. The zero-order valence-electron chi connectivity index (χ0n) is 13.3. The van der Waals surface area contributed by atoms with Gasteiger partial charge in [-0.15, -0.1) is 0 Å². The first-order valence-electron chi connectivity index (χ1n) is 7.50. The Morgan fingerprint density at radius 2 is 2.24 bits per heavy atom. The van der Waals surface area contributed by atoms with Crippen molar-refractivity contribution in [3.05, 3.63) is 30.1 Å². The van der Waals surface area contributed by atoms with E-state index in [1.165, 1.54) is 0 Å². The molecule has 21 heavy (non-hydrogen) atoms. The van der Waals surface area contributed by atoms with Gasteiger partial charge in [0.15, 0.2) is 0 Å². The minimum Gasteiger partial charge on any atom is -0.444 e. The molecule has 0 radical (unpaired) electrons. The van der Waals surface area contributed by atoms with E-state index >= 15 is 0 Å². The largest absolute Gasteiger partial charge is 0.444 e. The van der Waals surface area contributed by atoms with Crippen LogP contribution in [0.1, 0.15) is 45.9 Å². The summed E-state index contributed by atoms with van der Waals surface area (Å²) >= 11 is 0. The van der Waals surface area contributed by atoms with E-state index in [9.17, 15) is 4.79 Å². The first kappa shape index (κ1) is 15.8. The fourth-order valence-electron chi connectivity index (χ4n) is 2.46. The Labute approximate surface area is 126 Å². The molecule has 0 bridgehead atoms. The zero-order chi connectivity index (χ0) is 15.5. The first-order valence-corrected chi connectivity index (χ1v) is 7.50. The van der Waals surface area contributed by atoms with Gasteiger partial charge < -0.3 is 15.0 Å². The van der Waals surface area contributed by atoms with Gasteiger partial charge in [-0.25, -0.2) is 4.79 Å². The number of nitrogens with zero attached hydrogens (tertiary/aromatic N) is 2. The molecule has 1 aromatic heterocycles. The number of nitrogens with one attached hydrogen (secondary N) is 1. The van der Waals surface area contributed by atoms with Crippen molar-refractivity contribution in [3.63, 3.8) is 0 Å². The number of amides is 1. The fraction of sp³-hybridized carbons (Fsp3) is 0.625. The van der Waals surface area contributed by atoms with Crippen LogP contribution in [-0.4, -0.2) is 40.7 Å². The van der Waals surface area contributed by atoms with E-state index < -0.39 is 5.60 Å².